The van der Waals surface area contributed by atoms with Crippen molar-refractivity contribution in [3.05, 3.63) is 35.4 Å². The summed E-state index contributed by atoms with van der Waals surface area (Å²) in [6, 6.07) is 5.71. The summed E-state index contributed by atoms with van der Waals surface area (Å²) < 4.78 is 0. The van der Waals surface area contributed by atoms with Crippen molar-refractivity contribution in [3.63, 3.8) is 0 Å². The zero-order valence-electron chi connectivity index (χ0n) is 6.43. The lowest BCUT2D eigenvalue weighted by Gasteiger charge is -1.96. The first kappa shape index (κ1) is 10.1. The van der Waals surface area contributed by atoms with Gasteiger partial charge in [0.25, 0.3) is 0 Å². The van der Waals surface area contributed by atoms with Crippen LogP contribution in [0.15, 0.2) is 24.3 Å². The Hall–Kier alpha value is -0.940. The summed E-state index contributed by atoms with van der Waals surface area (Å²) in [6.45, 7) is 0. The summed E-state index contributed by atoms with van der Waals surface area (Å²) in [5.74, 6) is -1.00. The number of benzene rings is 1. The lowest BCUT2D eigenvalue weighted by Crippen LogP contribution is -1.97. The molecule has 1 N–H and O–H groups in total. The molecule has 1 aromatic rings. The molecule has 0 spiro atoms. The van der Waals surface area contributed by atoms with Crippen molar-refractivity contribution in [1.82, 2.24) is 0 Å². The van der Waals surface area contributed by atoms with Gasteiger partial charge in [0.2, 0.25) is 5.12 Å². The molecule has 0 aliphatic heterocycles. The summed E-state index contributed by atoms with van der Waals surface area (Å²) in [7, 11) is 0.800. The van der Waals surface area contributed by atoms with Crippen LogP contribution in [0.2, 0.25) is 0 Å². The van der Waals surface area contributed by atoms with Gasteiger partial charge in [-0.3, -0.25) is 4.79 Å². The van der Waals surface area contributed by atoms with E-state index in [0.717, 1.165) is 10.8 Å². The quantitative estimate of drug-likeness (QED) is 0.584. The van der Waals surface area contributed by atoms with Gasteiger partial charge in [-0.25, -0.2) is 4.79 Å². The molecule has 1 aromatic carbocycles. The van der Waals surface area contributed by atoms with Gasteiger partial charge in [-0.2, -0.15) is 0 Å². The van der Waals surface area contributed by atoms with E-state index in [1.165, 1.54) is 24.3 Å². The zero-order chi connectivity index (χ0) is 9.84. The zero-order valence-corrected chi connectivity index (χ0v) is 8.14. The van der Waals surface area contributed by atoms with Crippen LogP contribution in [0.25, 0.3) is 0 Å². The second-order valence-corrected chi connectivity index (χ2v) is 3.36. The number of aromatic carboxylic acids is 1. The third kappa shape index (κ3) is 2.50. The van der Waals surface area contributed by atoms with E-state index in [1.54, 1.807) is 0 Å². The van der Waals surface area contributed by atoms with Crippen LogP contribution >= 0.6 is 22.5 Å². The topological polar surface area (TPSA) is 54.4 Å². The fraction of sp³-hybridized carbons (Fsp3) is 0. The normalized spacial score (nSPS) is 9.62. The summed E-state index contributed by atoms with van der Waals surface area (Å²) >= 11 is 3.74. The number of hydrogen-bond donors (Lipinski definition) is 2. The number of thiol groups is 1. The SMILES string of the molecule is O=C(O)c1ccc(C(=O)SS)cc1. The Labute approximate surface area is 84.0 Å². The highest BCUT2D eigenvalue weighted by atomic mass is 33.1. The van der Waals surface area contributed by atoms with E-state index in [1.807, 2.05) is 0 Å². The first-order valence-electron chi connectivity index (χ1n) is 3.34. The van der Waals surface area contributed by atoms with Crippen molar-refractivity contribution >= 4 is 33.5 Å². The van der Waals surface area contributed by atoms with Gasteiger partial charge in [-0.1, -0.05) is 0 Å². The van der Waals surface area contributed by atoms with Gasteiger partial charge in [0.05, 0.1) is 5.56 Å². The first-order chi connectivity index (χ1) is 6.15. The van der Waals surface area contributed by atoms with E-state index in [0.29, 0.717) is 5.56 Å². The van der Waals surface area contributed by atoms with Crippen molar-refractivity contribution in [2.75, 3.05) is 0 Å². The lowest BCUT2D eigenvalue weighted by atomic mass is 10.1. The van der Waals surface area contributed by atoms with E-state index in [-0.39, 0.29) is 10.7 Å². The van der Waals surface area contributed by atoms with E-state index in [9.17, 15) is 9.59 Å². The molecule has 0 aliphatic rings. The van der Waals surface area contributed by atoms with Crippen LogP contribution in [0, 0.1) is 0 Å². The van der Waals surface area contributed by atoms with Crippen LogP contribution < -0.4 is 0 Å². The molecule has 0 radical (unpaired) electrons. The molecule has 0 atom stereocenters. The van der Waals surface area contributed by atoms with Crippen molar-refractivity contribution < 1.29 is 14.7 Å². The predicted molar refractivity (Wildman–Crippen MR) is 54.3 cm³/mol. The maximum atomic E-state index is 11.0. The average Bonchev–Trinajstić information content (AvgIpc) is 2.17. The molecule has 0 bridgehead atoms. The van der Waals surface area contributed by atoms with Gasteiger partial charge >= 0.3 is 5.97 Å². The van der Waals surface area contributed by atoms with Gasteiger partial charge in [-0.05, 0) is 35.1 Å². The van der Waals surface area contributed by atoms with Crippen LogP contribution in [-0.4, -0.2) is 16.2 Å². The first-order valence-corrected chi connectivity index (χ1v) is 5.21. The molecule has 13 heavy (non-hydrogen) atoms. The lowest BCUT2D eigenvalue weighted by molar-refractivity contribution is 0.0696. The number of rotatable bonds is 2. The standard InChI is InChI=1S/C8H6O3S2/c9-7(10)5-1-3-6(4-2-5)8(11)13-12/h1-4,12H,(H,9,10). The third-order valence-electron chi connectivity index (χ3n) is 1.45. The van der Waals surface area contributed by atoms with Crippen molar-refractivity contribution in [2.24, 2.45) is 0 Å². The van der Waals surface area contributed by atoms with Gasteiger partial charge in [0.15, 0.2) is 0 Å². The Morgan fingerprint density at radius 2 is 1.62 bits per heavy atom. The highest BCUT2D eigenvalue weighted by Gasteiger charge is 2.06. The molecule has 68 valence electrons. The smallest absolute Gasteiger partial charge is 0.335 e. The molecular weight excluding hydrogens is 208 g/mol. The van der Waals surface area contributed by atoms with Crippen molar-refractivity contribution in [3.8, 4) is 0 Å². The summed E-state index contributed by atoms with van der Waals surface area (Å²) in [5, 5.41) is 8.37. The maximum absolute atomic E-state index is 11.0. The Bertz CT molecular complexity index is 332. The van der Waals surface area contributed by atoms with Crippen molar-refractivity contribution in [2.45, 2.75) is 0 Å². The Morgan fingerprint density at radius 1 is 1.15 bits per heavy atom. The van der Waals surface area contributed by atoms with Crippen LogP contribution in [-0.2, 0) is 0 Å². The van der Waals surface area contributed by atoms with Crippen molar-refractivity contribution in [1.29, 1.82) is 0 Å². The molecule has 0 unspecified atom stereocenters. The van der Waals surface area contributed by atoms with Crippen LogP contribution in [0.3, 0.4) is 0 Å². The number of hydrogen-bond acceptors (Lipinski definition) is 4. The highest BCUT2D eigenvalue weighted by Crippen LogP contribution is 2.15. The van der Waals surface area contributed by atoms with E-state index in [2.05, 4.69) is 11.7 Å². The average molecular weight is 214 g/mol. The molecule has 0 heterocycles. The molecule has 1 rings (SSSR count). The maximum Gasteiger partial charge on any atom is 0.335 e. The largest absolute Gasteiger partial charge is 0.478 e. The van der Waals surface area contributed by atoms with Gasteiger partial charge in [0, 0.05) is 5.56 Å². The second-order valence-electron chi connectivity index (χ2n) is 2.26. The minimum atomic E-state index is -1.00. The number of carbonyl (C=O) groups excluding carboxylic acids is 1. The predicted octanol–water partition coefficient (Wildman–Crippen LogP) is 2.10. The van der Waals surface area contributed by atoms with Gasteiger partial charge in [-0.15, -0.1) is 11.7 Å². The van der Waals surface area contributed by atoms with Gasteiger partial charge < -0.3 is 5.11 Å². The van der Waals surface area contributed by atoms with E-state index >= 15 is 0 Å². The minimum Gasteiger partial charge on any atom is -0.478 e. The molecule has 0 saturated heterocycles. The summed E-state index contributed by atoms with van der Waals surface area (Å²) in [4.78, 5) is 21.5. The summed E-state index contributed by atoms with van der Waals surface area (Å²) in [5.41, 5.74) is 0.616. The van der Waals surface area contributed by atoms with E-state index < -0.39 is 5.97 Å². The number of carbonyl (C=O) groups is 2. The monoisotopic (exact) mass is 214 g/mol. The summed E-state index contributed by atoms with van der Waals surface area (Å²) in [6.07, 6.45) is 0. The molecule has 3 nitrogen and oxygen atoms in total. The second kappa shape index (κ2) is 4.34. The van der Waals surface area contributed by atoms with Crippen LogP contribution in [0.5, 0.6) is 0 Å². The molecule has 0 aromatic heterocycles. The molecule has 5 heteroatoms. The molecule has 0 amide bonds. The molecule has 0 fully saturated rings. The third-order valence-corrected chi connectivity index (χ3v) is 2.35. The van der Waals surface area contributed by atoms with Crippen LogP contribution in [0.4, 0.5) is 0 Å². The fourth-order valence-electron chi connectivity index (χ4n) is 0.802. The Kier molecular flexibility index (Phi) is 3.39. The highest BCUT2D eigenvalue weighted by molar-refractivity contribution is 8.75. The molecule has 0 aliphatic carbocycles. The molecular formula is C8H6O3S2. The van der Waals surface area contributed by atoms with Crippen LogP contribution in [0.1, 0.15) is 20.7 Å². The molecule has 0 saturated carbocycles. The number of carboxylic acid groups (broad SMARTS) is 1. The van der Waals surface area contributed by atoms with E-state index in [4.69, 9.17) is 5.11 Å². The van der Waals surface area contributed by atoms with Gasteiger partial charge in [0.1, 0.15) is 0 Å². The number of carboxylic acids is 1. The Balaban J connectivity index is 2.93. The Morgan fingerprint density at radius 3 is 2.00 bits per heavy atom. The minimum absolute atomic E-state index is 0.167. The fourth-order valence-corrected chi connectivity index (χ4v) is 1.36.